The van der Waals surface area contributed by atoms with Gasteiger partial charge in [-0.15, -0.1) is 0 Å². The van der Waals surface area contributed by atoms with E-state index in [-0.39, 0.29) is 5.91 Å². The summed E-state index contributed by atoms with van der Waals surface area (Å²) in [4.78, 5) is 15.7. The lowest BCUT2D eigenvalue weighted by Crippen LogP contribution is -2.19. The molecule has 0 spiro atoms. The van der Waals surface area contributed by atoms with Gasteiger partial charge in [-0.05, 0) is 24.1 Å². The monoisotopic (exact) mass is 225 g/mol. The zero-order chi connectivity index (χ0) is 11.3. The zero-order valence-electron chi connectivity index (χ0n) is 8.58. The maximum atomic E-state index is 11.2. The van der Waals surface area contributed by atoms with Gasteiger partial charge >= 0.3 is 0 Å². The average molecular weight is 226 g/mol. The lowest BCUT2D eigenvalue weighted by molar-refractivity contribution is -0.126. The van der Waals surface area contributed by atoms with Crippen molar-refractivity contribution >= 4 is 23.1 Å². The molecule has 3 nitrogen and oxygen atoms in total. The summed E-state index contributed by atoms with van der Waals surface area (Å²) >= 11 is 5.98. The topological polar surface area (TPSA) is 38.3 Å². The van der Waals surface area contributed by atoms with Crippen LogP contribution in [0.25, 0.3) is 5.57 Å². The molecule has 0 saturated heterocycles. The molecule has 15 heavy (non-hydrogen) atoms. The zero-order valence-corrected chi connectivity index (χ0v) is 9.34. The second-order valence-corrected chi connectivity index (χ2v) is 3.38. The van der Waals surface area contributed by atoms with E-state index >= 15 is 0 Å². The van der Waals surface area contributed by atoms with Crippen LogP contribution in [0.3, 0.4) is 0 Å². The van der Waals surface area contributed by atoms with Crippen LogP contribution in [0.5, 0.6) is 0 Å². The van der Waals surface area contributed by atoms with Crippen LogP contribution in [0.4, 0.5) is 0 Å². The summed E-state index contributed by atoms with van der Waals surface area (Å²) < 4.78 is 0. The van der Waals surface area contributed by atoms with Gasteiger partial charge in [0.15, 0.2) is 0 Å². The summed E-state index contributed by atoms with van der Waals surface area (Å²) in [7, 11) is 1.39. The lowest BCUT2D eigenvalue weighted by atomic mass is 10.1. The van der Waals surface area contributed by atoms with Gasteiger partial charge < -0.3 is 0 Å². The van der Waals surface area contributed by atoms with Crippen molar-refractivity contribution < 1.29 is 9.63 Å². The molecule has 0 unspecified atom stereocenters. The number of allylic oxidation sites excluding steroid dienone is 1. The van der Waals surface area contributed by atoms with Gasteiger partial charge in [-0.1, -0.05) is 29.8 Å². The van der Waals surface area contributed by atoms with Crippen molar-refractivity contribution in [2.45, 2.75) is 6.92 Å². The highest BCUT2D eigenvalue weighted by atomic mass is 35.5. The van der Waals surface area contributed by atoms with Crippen LogP contribution in [0.1, 0.15) is 12.5 Å². The molecule has 1 rings (SSSR count). The van der Waals surface area contributed by atoms with E-state index in [1.807, 2.05) is 25.1 Å². The first kappa shape index (κ1) is 11.8. The quantitative estimate of drug-likeness (QED) is 0.634. The van der Waals surface area contributed by atoms with Crippen LogP contribution in [0.2, 0.25) is 5.02 Å². The van der Waals surface area contributed by atoms with Gasteiger partial charge in [0, 0.05) is 11.1 Å². The molecule has 0 aliphatic rings. The summed E-state index contributed by atoms with van der Waals surface area (Å²) in [5.74, 6) is -0.310. The van der Waals surface area contributed by atoms with E-state index in [0.717, 1.165) is 11.1 Å². The number of hydrogen-bond donors (Lipinski definition) is 1. The van der Waals surface area contributed by atoms with E-state index in [2.05, 4.69) is 10.3 Å². The highest BCUT2D eigenvalue weighted by Crippen LogP contribution is 2.22. The Balaban J connectivity index is 2.89. The molecule has 1 N–H and O–H groups in total. The Morgan fingerprint density at radius 3 is 2.73 bits per heavy atom. The number of hydrogen-bond acceptors (Lipinski definition) is 2. The summed E-state index contributed by atoms with van der Waals surface area (Å²) in [6, 6.07) is 7.35. The van der Waals surface area contributed by atoms with Crippen LogP contribution in [0, 0.1) is 0 Å². The molecule has 0 fully saturated rings. The predicted molar refractivity (Wildman–Crippen MR) is 60.3 cm³/mol. The number of nitrogens with one attached hydrogen (secondary N) is 1. The van der Waals surface area contributed by atoms with Crippen LogP contribution in [0.15, 0.2) is 30.3 Å². The van der Waals surface area contributed by atoms with E-state index in [0.29, 0.717) is 5.02 Å². The van der Waals surface area contributed by atoms with Gasteiger partial charge in [-0.3, -0.25) is 9.63 Å². The first-order valence-electron chi connectivity index (χ1n) is 4.41. The van der Waals surface area contributed by atoms with Gasteiger partial charge in [-0.2, -0.15) is 0 Å². The molecular formula is C11H12ClNO2. The predicted octanol–water partition coefficient (Wildman–Crippen LogP) is 2.42. The molecule has 1 amide bonds. The number of amides is 1. The number of hydroxylamine groups is 1. The Morgan fingerprint density at radius 2 is 2.13 bits per heavy atom. The van der Waals surface area contributed by atoms with Crippen molar-refractivity contribution in [1.82, 2.24) is 5.48 Å². The molecule has 0 atom stereocenters. The third-order valence-electron chi connectivity index (χ3n) is 1.85. The Kier molecular flexibility index (Phi) is 4.34. The third kappa shape index (κ3) is 3.38. The van der Waals surface area contributed by atoms with E-state index in [9.17, 15) is 4.79 Å². The molecular weight excluding hydrogens is 214 g/mol. The SMILES string of the molecule is CONC(=O)/C=C(\C)c1ccccc1Cl. The fourth-order valence-corrected chi connectivity index (χ4v) is 1.47. The van der Waals surface area contributed by atoms with Crippen LogP contribution in [-0.2, 0) is 9.63 Å². The molecule has 0 aromatic heterocycles. The van der Waals surface area contributed by atoms with Crippen LogP contribution < -0.4 is 5.48 Å². The van der Waals surface area contributed by atoms with E-state index < -0.39 is 0 Å². The molecule has 0 aliphatic carbocycles. The first-order valence-corrected chi connectivity index (χ1v) is 4.79. The number of halogens is 1. The highest BCUT2D eigenvalue weighted by Gasteiger charge is 2.03. The normalized spacial score (nSPS) is 11.3. The van der Waals surface area contributed by atoms with Crippen LogP contribution >= 0.6 is 11.6 Å². The second-order valence-electron chi connectivity index (χ2n) is 2.98. The van der Waals surface area contributed by atoms with Crippen molar-refractivity contribution in [3.05, 3.63) is 40.9 Å². The Hall–Kier alpha value is -1.32. The minimum atomic E-state index is -0.310. The van der Waals surface area contributed by atoms with Crippen molar-refractivity contribution in [1.29, 1.82) is 0 Å². The summed E-state index contributed by atoms with van der Waals surface area (Å²) in [5, 5.41) is 0.622. The van der Waals surface area contributed by atoms with Gasteiger partial charge in [0.25, 0.3) is 5.91 Å². The molecule has 1 aromatic carbocycles. The maximum absolute atomic E-state index is 11.2. The highest BCUT2D eigenvalue weighted by molar-refractivity contribution is 6.32. The summed E-state index contributed by atoms with van der Waals surface area (Å²) in [6.45, 7) is 1.82. The van der Waals surface area contributed by atoms with Crippen molar-refractivity contribution in [2.24, 2.45) is 0 Å². The molecule has 0 heterocycles. The van der Waals surface area contributed by atoms with Gasteiger partial charge in [-0.25, -0.2) is 5.48 Å². The molecule has 1 aromatic rings. The summed E-state index contributed by atoms with van der Waals surface area (Å²) in [6.07, 6.45) is 1.44. The first-order chi connectivity index (χ1) is 7.15. The standard InChI is InChI=1S/C11H12ClNO2/c1-8(7-11(14)13-15-2)9-5-3-4-6-10(9)12/h3-7H,1-2H3,(H,13,14)/b8-7+. The number of benzene rings is 1. The molecule has 0 aliphatic heterocycles. The minimum absolute atomic E-state index is 0.310. The molecule has 0 bridgehead atoms. The third-order valence-corrected chi connectivity index (χ3v) is 2.18. The molecule has 4 heteroatoms. The number of carbonyl (C=O) groups excluding carboxylic acids is 1. The minimum Gasteiger partial charge on any atom is -0.277 e. The Bertz CT molecular complexity index is 388. The number of carbonyl (C=O) groups is 1. The Morgan fingerprint density at radius 1 is 1.47 bits per heavy atom. The number of rotatable bonds is 3. The Labute approximate surface area is 93.6 Å². The maximum Gasteiger partial charge on any atom is 0.267 e. The van der Waals surface area contributed by atoms with Crippen molar-refractivity contribution in [3.8, 4) is 0 Å². The molecule has 0 saturated carbocycles. The van der Waals surface area contributed by atoms with Crippen molar-refractivity contribution in [2.75, 3.05) is 7.11 Å². The summed E-state index contributed by atoms with van der Waals surface area (Å²) in [5.41, 5.74) is 3.83. The lowest BCUT2D eigenvalue weighted by Gasteiger charge is -2.04. The smallest absolute Gasteiger partial charge is 0.267 e. The fourth-order valence-electron chi connectivity index (χ4n) is 1.19. The van der Waals surface area contributed by atoms with Gasteiger partial charge in [0.1, 0.15) is 0 Å². The van der Waals surface area contributed by atoms with E-state index in [4.69, 9.17) is 11.6 Å². The molecule has 0 radical (unpaired) electrons. The molecule has 80 valence electrons. The fraction of sp³-hybridized carbons (Fsp3) is 0.182. The van der Waals surface area contributed by atoms with Gasteiger partial charge in [0.2, 0.25) is 0 Å². The second kappa shape index (κ2) is 5.53. The van der Waals surface area contributed by atoms with Crippen molar-refractivity contribution in [3.63, 3.8) is 0 Å². The van der Waals surface area contributed by atoms with E-state index in [1.54, 1.807) is 6.07 Å². The largest absolute Gasteiger partial charge is 0.277 e. The van der Waals surface area contributed by atoms with Gasteiger partial charge in [0.05, 0.1) is 7.11 Å². The van der Waals surface area contributed by atoms with Crippen LogP contribution in [-0.4, -0.2) is 13.0 Å². The average Bonchev–Trinajstić information content (AvgIpc) is 2.18. The van der Waals surface area contributed by atoms with E-state index in [1.165, 1.54) is 13.2 Å².